The molecule has 1 saturated heterocycles. The largest absolute Gasteiger partial charge is 0.384 e. The van der Waals surface area contributed by atoms with Crippen molar-refractivity contribution in [1.29, 1.82) is 0 Å². The molecule has 26 heavy (non-hydrogen) atoms. The lowest BCUT2D eigenvalue weighted by Gasteiger charge is -2.27. The highest BCUT2D eigenvalue weighted by Gasteiger charge is 2.24. The number of nitrogens with zero attached hydrogens (tertiary/aromatic N) is 3. The fraction of sp³-hybridized carbons (Fsp3) is 0.500. The summed E-state index contributed by atoms with van der Waals surface area (Å²) in [6, 6.07) is 9.83. The number of sulfone groups is 1. The predicted molar refractivity (Wildman–Crippen MR) is 97.8 cm³/mol. The van der Waals surface area contributed by atoms with E-state index in [1.807, 2.05) is 34.9 Å². The van der Waals surface area contributed by atoms with Crippen molar-refractivity contribution in [2.24, 2.45) is 0 Å². The van der Waals surface area contributed by atoms with Crippen molar-refractivity contribution in [3.05, 3.63) is 47.8 Å². The van der Waals surface area contributed by atoms with E-state index in [9.17, 15) is 8.42 Å². The van der Waals surface area contributed by atoms with Crippen LogP contribution in [0, 0.1) is 0 Å². The second kappa shape index (κ2) is 8.77. The first-order valence-corrected chi connectivity index (χ1v) is 10.4. The van der Waals surface area contributed by atoms with Gasteiger partial charge in [-0.3, -0.25) is 4.90 Å². The molecule has 1 aromatic heterocycles. The maximum atomic E-state index is 12.7. The van der Waals surface area contributed by atoms with Crippen LogP contribution in [-0.2, 0) is 32.4 Å². The second-order valence-electron chi connectivity index (χ2n) is 6.30. The van der Waals surface area contributed by atoms with E-state index in [0.717, 1.165) is 24.3 Å². The maximum absolute atomic E-state index is 12.7. The first kappa shape index (κ1) is 19.0. The Balaban J connectivity index is 1.90. The normalized spacial score (nSPS) is 16.0. The Kier molecular flexibility index (Phi) is 6.42. The molecule has 7 nitrogen and oxygen atoms in total. The number of hydrogen-bond donors (Lipinski definition) is 0. The summed E-state index contributed by atoms with van der Waals surface area (Å²) in [5, 5.41) is 0.113. The Bertz CT molecular complexity index is 799. The summed E-state index contributed by atoms with van der Waals surface area (Å²) in [6.07, 6.45) is 1.68. The van der Waals surface area contributed by atoms with Gasteiger partial charge in [0.05, 0.1) is 44.0 Å². The Morgan fingerprint density at radius 2 is 1.88 bits per heavy atom. The molecular weight excluding hydrogens is 354 g/mol. The highest BCUT2D eigenvalue weighted by Crippen LogP contribution is 2.18. The molecule has 142 valence electrons. The number of rotatable bonds is 8. The number of hydrogen-bond acceptors (Lipinski definition) is 6. The molecule has 0 bridgehead atoms. The van der Waals surface area contributed by atoms with Gasteiger partial charge in [0, 0.05) is 26.7 Å². The van der Waals surface area contributed by atoms with Crippen molar-refractivity contribution in [2.45, 2.75) is 18.2 Å². The van der Waals surface area contributed by atoms with Crippen molar-refractivity contribution in [2.75, 3.05) is 45.8 Å². The van der Waals surface area contributed by atoms with Crippen LogP contribution in [-0.4, -0.2) is 68.6 Å². The molecule has 0 amide bonds. The number of morpholine rings is 1. The Labute approximate surface area is 154 Å². The molecule has 1 aliphatic heterocycles. The van der Waals surface area contributed by atoms with Crippen LogP contribution in [0.25, 0.3) is 0 Å². The molecule has 0 N–H and O–H groups in total. The summed E-state index contributed by atoms with van der Waals surface area (Å²) in [6.45, 7) is 4.35. The Hall–Kier alpha value is -1.74. The van der Waals surface area contributed by atoms with Crippen molar-refractivity contribution in [1.82, 2.24) is 14.5 Å². The summed E-state index contributed by atoms with van der Waals surface area (Å²) >= 11 is 0. The number of benzene rings is 1. The zero-order valence-electron chi connectivity index (χ0n) is 15.0. The van der Waals surface area contributed by atoms with Crippen LogP contribution in [0.15, 0.2) is 41.7 Å². The molecule has 0 unspecified atom stereocenters. The number of imidazole rings is 1. The average Bonchev–Trinajstić information content (AvgIpc) is 3.05. The molecule has 0 saturated carbocycles. The van der Waals surface area contributed by atoms with E-state index in [2.05, 4.69) is 9.88 Å². The lowest BCUT2D eigenvalue weighted by Crippen LogP contribution is -2.36. The zero-order valence-corrected chi connectivity index (χ0v) is 15.8. The van der Waals surface area contributed by atoms with E-state index in [0.29, 0.717) is 26.3 Å². The van der Waals surface area contributed by atoms with Crippen LogP contribution >= 0.6 is 0 Å². The Morgan fingerprint density at radius 3 is 2.58 bits per heavy atom. The van der Waals surface area contributed by atoms with Crippen LogP contribution < -0.4 is 0 Å². The smallest absolute Gasteiger partial charge is 0.228 e. The van der Waals surface area contributed by atoms with Gasteiger partial charge in [0.15, 0.2) is 0 Å². The van der Waals surface area contributed by atoms with Gasteiger partial charge in [-0.25, -0.2) is 13.4 Å². The summed E-state index contributed by atoms with van der Waals surface area (Å²) in [5.41, 5.74) is 1.93. The molecule has 0 aliphatic carbocycles. The fourth-order valence-corrected chi connectivity index (χ4v) is 4.27. The van der Waals surface area contributed by atoms with Crippen LogP contribution in [0.2, 0.25) is 0 Å². The molecule has 8 heteroatoms. The van der Waals surface area contributed by atoms with Gasteiger partial charge < -0.3 is 14.0 Å². The number of ether oxygens (including phenoxy) is 2. The molecule has 0 spiro atoms. The van der Waals surface area contributed by atoms with Crippen LogP contribution in [0.3, 0.4) is 0 Å². The molecule has 0 radical (unpaired) electrons. The minimum Gasteiger partial charge on any atom is -0.384 e. The highest BCUT2D eigenvalue weighted by atomic mass is 32.2. The molecule has 0 atom stereocenters. The molecule has 1 aromatic carbocycles. The number of aromatic nitrogens is 2. The van der Waals surface area contributed by atoms with E-state index in [-0.39, 0.29) is 17.5 Å². The highest BCUT2D eigenvalue weighted by molar-refractivity contribution is 7.91. The third-order valence-electron chi connectivity index (χ3n) is 4.41. The lowest BCUT2D eigenvalue weighted by molar-refractivity contribution is 0.0331. The summed E-state index contributed by atoms with van der Waals surface area (Å²) in [5.74, 6) is -0.0771. The quantitative estimate of drug-likeness (QED) is 0.686. The monoisotopic (exact) mass is 379 g/mol. The first-order chi connectivity index (χ1) is 12.6. The lowest BCUT2D eigenvalue weighted by atomic mass is 10.2. The van der Waals surface area contributed by atoms with Gasteiger partial charge in [0.2, 0.25) is 15.0 Å². The van der Waals surface area contributed by atoms with Crippen molar-refractivity contribution < 1.29 is 17.9 Å². The molecule has 2 heterocycles. The van der Waals surface area contributed by atoms with E-state index >= 15 is 0 Å². The molecular formula is C18H25N3O4S. The van der Waals surface area contributed by atoms with Crippen molar-refractivity contribution in [3.8, 4) is 0 Å². The van der Waals surface area contributed by atoms with Gasteiger partial charge in [0.1, 0.15) is 0 Å². The van der Waals surface area contributed by atoms with Crippen LogP contribution in [0.4, 0.5) is 0 Å². The minimum absolute atomic E-state index is 0.0771. The Morgan fingerprint density at radius 1 is 1.15 bits per heavy atom. The predicted octanol–water partition coefficient (Wildman–Crippen LogP) is 1.18. The summed E-state index contributed by atoms with van der Waals surface area (Å²) in [7, 11) is -2.01. The van der Waals surface area contributed by atoms with Crippen molar-refractivity contribution >= 4 is 9.84 Å². The molecule has 3 rings (SSSR count). The van der Waals surface area contributed by atoms with Gasteiger partial charge in [-0.2, -0.15) is 0 Å². The molecule has 1 aliphatic rings. The van der Waals surface area contributed by atoms with E-state index in [1.165, 1.54) is 7.11 Å². The molecule has 1 fully saturated rings. The van der Waals surface area contributed by atoms with E-state index in [1.54, 1.807) is 6.20 Å². The van der Waals surface area contributed by atoms with Crippen LogP contribution in [0.1, 0.15) is 11.3 Å². The van der Waals surface area contributed by atoms with Gasteiger partial charge in [-0.15, -0.1) is 0 Å². The minimum atomic E-state index is -3.51. The van der Waals surface area contributed by atoms with Crippen molar-refractivity contribution in [3.63, 3.8) is 0 Å². The maximum Gasteiger partial charge on any atom is 0.228 e. The zero-order chi connectivity index (χ0) is 18.4. The SMILES string of the molecule is COCCS(=O)(=O)c1ncc(CN2CCOCC2)n1Cc1ccccc1. The van der Waals surface area contributed by atoms with Gasteiger partial charge in [0.25, 0.3) is 0 Å². The van der Waals surface area contributed by atoms with E-state index < -0.39 is 9.84 Å². The number of methoxy groups -OCH3 is 1. The van der Waals surface area contributed by atoms with Gasteiger partial charge in [-0.1, -0.05) is 30.3 Å². The third-order valence-corrected chi connectivity index (χ3v) is 6.00. The van der Waals surface area contributed by atoms with E-state index in [4.69, 9.17) is 9.47 Å². The summed E-state index contributed by atoms with van der Waals surface area (Å²) in [4.78, 5) is 6.52. The third kappa shape index (κ3) is 4.70. The molecule has 2 aromatic rings. The first-order valence-electron chi connectivity index (χ1n) is 8.70. The summed E-state index contributed by atoms with van der Waals surface area (Å²) < 4.78 is 37.6. The van der Waals surface area contributed by atoms with Gasteiger partial charge >= 0.3 is 0 Å². The standard InChI is InChI=1S/C18H25N3O4S/c1-24-11-12-26(22,23)18-19-13-17(15-20-7-9-25-10-8-20)21(18)14-16-5-3-2-4-6-16/h2-6,13H,7-12,14-15H2,1H3. The second-order valence-corrected chi connectivity index (χ2v) is 8.31. The van der Waals surface area contributed by atoms with Crippen LogP contribution in [0.5, 0.6) is 0 Å². The van der Waals surface area contributed by atoms with Gasteiger partial charge in [-0.05, 0) is 5.56 Å². The fourth-order valence-electron chi connectivity index (χ4n) is 2.97. The topological polar surface area (TPSA) is 73.7 Å². The average molecular weight is 379 g/mol.